The lowest BCUT2D eigenvalue weighted by Crippen LogP contribution is -2.46. The molecule has 1 amide bonds. The van der Waals surface area contributed by atoms with Gasteiger partial charge in [-0.15, -0.1) is 0 Å². The van der Waals surface area contributed by atoms with Crippen LogP contribution in [-0.4, -0.2) is 53.7 Å². The van der Waals surface area contributed by atoms with Crippen LogP contribution >= 0.6 is 0 Å². The van der Waals surface area contributed by atoms with E-state index >= 15 is 0 Å². The summed E-state index contributed by atoms with van der Waals surface area (Å²) in [5, 5.41) is 10.5. The van der Waals surface area contributed by atoms with Gasteiger partial charge < -0.3 is 15.3 Å². The Labute approximate surface area is 96.6 Å². The van der Waals surface area contributed by atoms with Crippen molar-refractivity contribution < 1.29 is 27.9 Å². The number of halogens is 3. The normalized spacial score (nSPS) is 11.6. The zero-order chi connectivity index (χ0) is 13.6. The number of carboxylic acid groups (broad SMARTS) is 1. The summed E-state index contributed by atoms with van der Waals surface area (Å²) in [5.41, 5.74) is 0. The molecule has 0 radical (unpaired) electrons. The molecule has 0 fully saturated rings. The van der Waals surface area contributed by atoms with Gasteiger partial charge in [0.05, 0.1) is 13.1 Å². The third kappa shape index (κ3) is 7.56. The van der Waals surface area contributed by atoms with Crippen LogP contribution < -0.4 is 5.32 Å². The number of amides is 1. The summed E-state index contributed by atoms with van der Waals surface area (Å²) in [7, 11) is 0. The predicted octanol–water partition coefficient (Wildman–Crippen LogP) is 0.460. The molecule has 0 saturated heterocycles. The number of nitrogens with one attached hydrogen (secondary N) is 1. The summed E-state index contributed by atoms with van der Waals surface area (Å²) in [6.07, 6.45) is -4.39. The summed E-state index contributed by atoms with van der Waals surface area (Å²) < 4.78 is 35.4. The van der Waals surface area contributed by atoms with Crippen molar-refractivity contribution in [3.8, 4) is 0 Å². The van der Waals surface area contributed by atoms with E-state index in [4.69, 9.17) is 5.11 Å². The molecule has 0 rings (SSSR count). The lowest BCUT2D eigenvalue weighted by atomic mass is 10.3. The van der Waals surface area contributed by atoms with E-state index in [0.29, 0.717) is 0 Å². The van der Waals surface area contributed by atoms with E-state index < -0.39 is 37.7 Å². The first kappa shape index (κ1) is 15.7. The van der Waals surface area contributed by atoms with E-state index in [1.807, 2.05) is 5.32 Å². The average Bonchev–Trinajstić information content (AvgIpc) is 2.11. The third-order valence-corrected chi connectivity index (χ3v) is 1.85. The fraction of sp³-hybridized carbons (Fsp3) is 0.778. The molecule has 0 aliphatic carbocycles. The van der Waals surface area contributed by atoms with Crippen molar-refractivity contribution in [2.75, 3.05) is 19.6 Å². The molecule has 0 atom stereocenters. The van der Waals surface area contributed by atoms with Crippen LogP contribution in [0.15, 0.2) is 0 Å². The van der Waals surface area contributed by atoms with E-state index in [0.717, 1.165) is 4.90 Å². The molecule has 100 valence electrons. The summed E-state index contributed by atoms with van der Waals surface area (Å²) in [6.45, 7) is 0.835. The van der Waals surface area contributed by atoms with Crippen molar-refractivity contribution in [3.05, 3.63) is 0 Å². The van der Waals surface area contributed by atoms with Gasteiger partial charge in [-0.25, -0.2) is 0 Å². The summed E-state index contributed by atoms with van der Waals surface area (Å²) in [5.74, 6) is -1.88. The quantitative estimate of drug-likeness (QED) is 0.724. The molecule has 0 heterocycles. The molecule has 0 unspecified atom stereocenters. The van der Waals surface area contributed by atoms with Crippen LogP contribution in [0.4, 0.5) is 13.2 Å². The highest BCUT2D eigenvalue weighted by Gasteiger charge is 2.27. The minimum atomic E-state index is -4.39. The average molecular weight is 256 g/mol. The summed E-state index contributed by atoms with van der Waals surface area (Å²) in [6, 6.07) is -0.383. The van der Waals surface area contributed by atoms with Gasteiger partial charge in [0.1, 0.15) is 6.54 Å². The molecule has 0 aliphatic heterocycles. The van der Waals surface area contributed by atoms with Crippen LogP contribution in [0.25, 0.3) is 0 Å². The number of rotatable bonds is 6. The van der Waals surface area contributed by atoms with Crippen molar-refractivity contribution >= 4 is 11.9 Å². The smallest absolute Gasteiger partial charge is 0.401 e. The number of hydrogen-bond acceptors (Lipinski definition) is 3. The fourth-order valence-electron chi connectivity index (χ4n) is 1.12. The summed E-state index contributed by atoms with van der Waals surface area (Å²) in [4.78, 5) is 22.9. The fourth-order valence-corrected chi connectivity index (χ4v) is 1.12. The standard InChI is InChI=1S/C9H15F3N2O3/c1-6(2)14(4-8(16)17)7(15)3-13-5-9(10,11)12/h6,13H,3-5H2,1-2H3,(H,16,17). The first-order chi connectivity index (χ1) is 7.63. The maximum absolute atomic E-state index is 11.8. The molecule has 0 bridgehead atoms. The van der Waals surface area contributed by atoms with Crippen LogP contribution in [0.5, 0.6) is 0 Å². The van der Waals surface area contributed by atoms with Gasteiger partial charge in [-0.3, -0.25) is 9.59 Å². The van der Waals surface area contributed by atoms with Crippen molar-refractivity contribution in [1.82, 2.24) is 10.2 Å². The molecule has 2 N–H and O–H groups in total. The van der Waals surface area contributed by atoms with E-state index in [1.54, 1.807) is 13.8 Å². The van der Waals surface area contributed by atoms with Crippen LogP contribution in [0, 0.1) is 0 Å². The largest absolute Gasteiger partial charge is 0.480 e. The number of carboxylic acids is 1. The maximum atomic E-state index is 11.8. The second kappa shape index (κ2) is 6.43. The van der Waals surface area contributed by atoms with Crippen LogP contribution in [0.3, 0.4) is 0 Å². The van der Waals surface area contributed by atoms with Gasteiger partial charge >= 0.3 is 12.1 Å². The summed E-state index contributed by atoms with van der Waals surface area (Å²) >= 11 is 0. The predicted molar refractivity (Wildman–Crippen MR) is 53.4 cm³/mol. The van der Waals surface area contributed by atoms with E-state index in [1.165, 1.54) is 0 Å². The maximum Gasteiger partial charge on any atom is 0.401 e. The van der Waals surface area contributed by atoms with E-state index in [9.17, 15) is 22.8 Å². The van der Waals surface area contributed by atoms with Crippen LogP contribution in [0.2, 0.25) is 0 Å². The Morgan fingerprint density at radius 3 is 2.24 bits per heavy atom. The Morgan fingerprint density at radius 2 is 1.88 bits per heavy atom. The Balaban J connectivity index is 4.20. The van der Waals surface area contributed by atoms with Crippen molar-refractivity contribution in [2.24, 2.45) is 0 Å². The van der Waals surface area contributed by atoms with Gasteiger partial charge in [-0.1, -0.05) is 0 Å². The minimum absolute atomic E-state index is 0.383. The van der Waals surface area contributed by atoms with Gasteiger partial charge in [0.2, 0.25) is 5.91 Å². The number of hydrogen-bond donors (Lipinski definition) is 2. The Morgan fingerprint density at radius 1 is 1.35 bits per heavy atom. The molecule has 0 aromatic heterocycles. The van der Waals surface area contributed by atoms with Gasteiger partial charge in [0.15, 0.2) is 0 Å². The zero-order valence-electron chi connectivity index (χ0n) is 9.54. The molecule has 0 aromatic carbocycles. The second-order valence-electron chi connectivity index (χ2n) is 3.73. The van der Waals surface area contributed by atoms with Crippen molar-refractivity contribution in [1.29, 1.82) is 0 Å². The van der Waals surface area contributed by atoms with Crippen LogP contribution in [-0.2, 0) is 9.59 Å². The molecular formula is C9H15F3N2O3. The number of nitrogens with zero attached hydrogens (tertiary/aromatic N) is 1. The molecule has 0 saturated carbocycles. The van der Waals surface area contributed by atoms with Gasteiger partial charge in [0.25, 0.3) is 0 Å². The number of alkyl halides is 3. The molecule has 8 heteroatoms. The number of aliphatic carboxylic acids is 1. The molecule has 5 nitrogen and oxygen atoms in total. The Bertz CT molecular complexity index is 279. The minimum Gasteiger partial charge on any atom is -0.480 e. The highest BCUT2D eigenvalue weighted by Crippen LogP contribution is 2.12. The highest BCUT2D eigenvalue weighted by atomic mass is 19.4. The molecular weight excluding hydrogens is 241 g/mol. The van der Waals surface area contributed by atoms with Crippen molar-refractivity contribution in [2.45, 2.75) is 26.1 Å². The molecule has 0 spiro atoms. The topological polar surface area (TPSA) is 69.6 Å². The number of carbonyl (C=O) groups is 2. The SMILES string of the molecule is CC(C)N(CC(=O)O)C(=O)CNCC(F)(F)F. The van der Waals surface area contributed by atoms with E-state index in [-0.39, 0.29) is 6.04 Å². The zero-order valence-corrected chi connectivity index (χ0v) is 9.54. The second-order valence-corrected chi connectivity index (χ2v) is 3.73. The van der Waals surface area contributed by atoms with Crippen molar-refractivity contribution in [3.63, 3.8) is 0 Å². The highest BCUT2D eigenvalue weighted by molar-refractivity contribution is 5.83. The van der Waals surface area contributed by atoms with Gasteiger partial charge in [0, 0.05) is 6.04 Å². The third-order valence-electron chi connectivity index (χ3n) is 1.85. The monoisotopic (exact) mass is 256 g/mol. The number of carbonyl (C=O) groups excluding carboxylic acids is 1. The van der Waals surface area contributed by atoms with E-state index in [2.05, 4.69) is 0 Å². The first-order valence-electron chi connectivity index (χ1n) is 4.92. The Hall–Kier alpha value is -1.31. The Kier molecular flexibility index (Phi) is 5.94. The lowest BCUT2D eigenvalue weighted by molar-refractivity contribution is -0.146. The molecule has 0 aromatic rings. The van der Waals surface area contributed by atoms with Gasteiger partial charge in [-0.05, 0) is 13.8 Å². The first-order valence-corrected chi connectivity index (χ1v) is 4.92. The molecule has 17 heavy (non-hydrogen) atoms. The van der Waals surface area contributed by atoms with Gasteiger partial charge in [-0.2, -0.15) is 13.2 Å². The lowest BCUT2D eigenvalue weighted by Gasteiger charge is -2.25. The molecule has 0 aliphatic rings. The van der Waals surface area contributed by atoms with Crippen LogP contribution in [0.1, 0.15) is 13.8 Å².